The van der Waals surface area contributed by atoms with Gasteiger partial charge < -0.3 is 10.2 Å². The summed E-state index contributed by atoms with van der Waals surface area (Å²) >= 11 is 1.55. The number of carbonyl (C=O) groups excluding carboxylic acids is 1. The van der Waals surface area contributed by atoms with E-state index in [4.69, 9.17) is 0 Å². The number of benzene rings is 1. The number of thiazole rings is 1. The Bertz CT molecular complexity index is 965. The zero-order chi connectivity index (χ0) is 19.8. The van der Waals surface area contributed by atoms with Crippen molar-refractivity contribution in [1.29, 1.82) is 0 Å². The van der Waals surface area contributed by atoms with Gasteiger partial charge in [0.2, 0.25) is 16.4 Å². The monoisotopic (exact) mass is 408 g/mol. The van der Waals surface area contributed by atoms with E-state index in [9.17, 15) is 13.2 Å². The summed E-state index contributed by atoms with van der Waals surface area (Å²) in [5, 5.41) is 3.95. The van der Waals surface area contributed by atoms with Crippen LogP contribution in [0.5, 0.6) is 0 Å². The zero-order valence-electron chi connectivity index (χ0n) is 15.9. The second-order valence-corrected chi connectivity index (χ2v) is 10.0. The van der Waals surface area contributed by atoms with Gasteiger partial charge in [0.1, 0.15) is 0 Å². The molecule has 0 unspecified atom stereocenters. The van der Waals surface area contributed by atoms with Crippen LogP contribution < -0.4 is 14.9 Å². The van der Waals surface area contributed by atoms with Crippen LogP contribution in [0.2, 0.25) is 0 Å². The van der Waals surface area contributed by atoms with Crippen molar-refractivity contribution in [3.05, 3.63) is 33.8 Å². The van der Waals surface area contributed by atoms with Gasteiger partial charge in [0, 0.05) is 17.5 Å². The minimum atomic E-state index is -3.60. The first kappa shape index (κ1) is 19.8. The number of anilines is 2. The van der Waals surface area contributed by atoms with Crippen LogP contribution in [0.25, 0.3) is 0 Å². The van der Waals surface area contributed by atoms with Crippen LogP contribution in [0.15, 0.2) is 23.1 Å². The summed E-state index contributed by atoms with van der Waals surface area (Å²) in [4.78, 5) is 18.9. The smallest absolute Gasteiger partial charge is 0.241 e. The average molecular weight is 409 g/mol. The molecule has 0 bridgehead atoms. The van der Waals surface area contributed by atoms with Crippen molar-refractivity contribution in [2.24, 2.45) is 0 Å². The Morgan fingerprint density at radius 2 is 2.04 bits per heavy atom. The normalized spacial score (nSPS) is 15.4. The Hall–Kier alpha value is -1.97. The van der Waals surface area contributed by atoms with Crippen LogP contribution >= 0.6 is 11.3 Å². The molecule has 0 spiro atoms. The van der Waals surface area contributed by atoms with Crippen molar-refractivity contribution in [2.45, 2.75) is 50.6 Å². The van der Waals surface area contributed by atoms with Crippen LogP contribution in [0.1, 0.15) is 35.3 Å². The summed E-state index contributed by atoms with van der Waals surface area (Å²) in [5.74, 6) is 0. The van der Waals surface area contributed by atoms with Gasteiger partial charge in [0.05, 0.1) is 33.5 Å². The first-order valence-electron chi connectivity index (χ1n) is 8.68. The Labute approximate surface area is 163 Å². The summed E-state index contributed by atoms with van der Waals surface area (Å²) in [6.45, 7) is 6.13. The zero-order valence-corrected chi connectivity index (χ0v) is 17.5. The van der Waals surface area contributed by atoms with Gasteiger partial charge in [-0.05, 0) is 51.8 Å². The van der Waals surface area contributed by atoms with E-state index < -0.39 is 10.0 Å². The van der Waals surface area contributed by atoms with Gasteiger partial charge in [0.15, 0.2) is 0 Å². The molecule has 1 amide bonds. The number of hydrogen-bond donors (Lipinski definition) is 2. The Kier molecular flexibility index (Phi) is 5.29. The molecule has 1 aliphatic rings. The van der Waals surface area contributed by atoms with Crippen molar-refractivity contribution in [3.8, 4) is 0 Å². The van der Waals surface area contributed by atoms with Crippen LogP contribution in [0, 0.1) is 13.8 Å². The van der Waals surface area contributed by atoms with E-state index >= 15 is 0 Å². The van der Waals surface area contributed by atoms with E-state index in [2.05, 4.69) is 15.0 Å². The van der Waals surface area contributed by atoms with Gasteiger partial charge in [-0.15, -0.1) is 11.3 Å². The molecule has 9 heteroatoms. The lowest BCUT2D eigenvalue weighted by Crippen LogP contribution is -2.34. The number of aryl methyl sites for hydroxylation is 2. The summed E-state index contributed by atoms with van der Waals surface area (Å²) in [6.07, 6.45) is 2.44. The molecule has 1 aromatic carbocycles. The third-order valence-electron chi connectivity index (χ3n) is 4.68. The molecule has 146 valence electrons. The number of sulfonamides is 1. The molecular formula is C18H24N4O3S2. The Morgan fingerprint density at radius 3 is 2.56 bits per heavy atom. The highest BCUT2D eigenvalue weighted by atomic mass is 32.2. The Balaban J connectivity index is 1.90. The lowest BCUT2D eigenvalue weighted by molar-refractivity contribution is -0.107. The average Bonchev–Trinajstić information content (AvgIpc) is 3.24. The maximum absolute atomic E-state index is 12.6. The predicted octanol–water partition coefficient (Wildman–Crippen LogP) is 2.80. The second-order valence-electron chi connectivity index (χ2n) is 7.07. The highest BCUT2D eigenvalue weighted by molar-refractivity contribution is 7.89. The molecule has 2 aromatic rings. The molecule has 1 saturated carbocycles. The summed E-state index contributed by atoms with van der Waals surface area (Å²) in [5.41, 5.74) is 1.75. The van der Waals surface area contributed by atoms with Crippen molar-refractivity contribution in [2.75, 3.05) is 17.3 Å². The van der Waals surface area contributed by atoms with Gasteiger partial charge in [-0.2, -0.15) is 0 Å². The molecule has 0 saturated heterocycles. The summed E-state index contributed by atoms with van der Waals surface area (Å²) < 4.78 is 28.0. The van der Waals surface area contributed by atoms with E-state index in [0.29, 0.717) is 17.9 Å². The highest BCUT2D eigenvalue weighted by Crippen LogP contribution is 2.37. The predicted molar refractivity (Wildman–Crippen MR) is 108 cm³/mol. The van der Waals surface area contributed by atoms with E-state index in [1.807, 2.05) is 20.8 Å². The minimum Gasteiger partial charge on any atom is -0.386 e. The van der Waals surface area contributed by atoms with E-state index in [1.165, 1.54) is 6.07 Å². The van der Waals surface area contributed by atoms with Crippen LogP contribution in [0.3, 0.4) is 0 Å². The molecule has 1 aliphatic carbocycles. The molecule has 2 N–H and O–H groups in total. The largest absolute Gasteiger partial charge is 0.386 e. The van der Waals surface area contributed by atoms with Crippen LogP contribution in [-0.4, -0.2) is 32.4 Å². The van der Waals surface area contributed by atoms with Gasteiger partial charge in [-0.3, -0.25) is 4.79 Å². The number of hydrogen-bond acceptors (Lipinski definition) is 6. The lowest BCUT2D eigenvalue weighted by atomic mass is 10.2. The number of carbonyl (C=O) groups is 1. The minimum absolute atomic E-state index is 0.180. The fraction of sp³-hybridized carbons (Fsp3) is 0.444. The third kappa shape index (κ3) is 4.31. The SMILES string of the molecule is CNc1cc(S(=O)(=O)NC2(C)CC2)ccc1N(C=O)Cc1sc(C)nc1C. The standard InChI is InChI=1S/C18H24N4O3S2/c1-12-17(26-13(2)20-12)10-22(11-23)16-6-5-14(9-15(16)19-4)27(24,25)21-18(3)7-8-18/h5-6,9,11,19,21H,7-8,10H2,1-4H3. The maximum Gasteiger partial charge on any atom is 0.241 e. The fourth-order valence-electron chi connectivity index (χ4n) is 2.86. The Morgan fingerprint density at radius 1 is 1.33 bits per heavy atom. The number of rotatable bonds is 8. The van der Waals surface area contributed by atoms with Gasteiger partial charge in [0.25, 0.3) is 0 Å². The summed E-state index contributed by atoms with van der Waals surface area (Å²) in [7, 11) is -1.90. The van der Waals surface area contributed by atoms with Gasteiger partial charge in [-0.25, -0.2) is 18.1 Å². The van der Waals surface area contributed by atoms with Crippen LogP contribution in [0.4, 0.5) is 11.4 Å². The number of amides is 1. The van der Waals surface area contributed by atoms with Crippen molar-refractivity contribution in [3.63, 3.8) is 0 Å². The molecule has 1 heterocycles. The number of nitrogens with one attached hydrogen (secondary N) is 2. The first-order chi connectivity index (χ1) is 12.7. The molecule has 0 radical (unpaired) electrons. The first-order valence-corrected chi connectivity index (χ1v) is 11.0. The highest BCUT2D eigenvalue weighted by Gasteiger charge is 2.41. The number of aromatic nitrogens is 1. The molecule has 1 fully saturated rings. The van der Waals surface area contributed by atoms with E-state index in [1.54, 1.807) is 35.4 Å². The summed E-state index contributed by atoms with van der Waals surface area (Å²) in [6, 6.07) is 4.75. The van der Waals surface area contributed by atoms with Crippen LogP contribution in [-0.2, 0) is 21.4 Å². The fourth-order valence-corrected chi connectivity index (χ4v) is 5.29. The second kappa shape index (κ2) is 7.21. The van der Waals surface area contributed by atoms with Crippen molar-refractivity contribution >= 4 is 39.1 Å². The number of nitrogens with zero attached hydrogens (tertiary/aromatic N) is 2. The van der Waals surface area contributed by atoms with Gasteiger partial charge >= 0.3 is 0 Å². The quantitative estimate of drug-likeness (QED) is 0.656. The molecule has 0 atom stereocenters. The van der Waals surface area contributed by atoms with Gasteiger partial charge in [-0.1, -0.05) is 0 Å². The molecule has 27 heavy (non-hydrogen) atoms. The molecule has 3 rings (SSSR count). The maximum atomic E-state index is 12.6. The molecule has 1 aromatic heterocycles. The van der Waals surface area contributed by atoms with Crippen molar-refractivity contribution < 1.29 is 13.2 Å². The van der Waals surface area contributed by atoms with E-state index in [0.717, 1.165) is 34.8 Å². The molecular weight excluding hydrogens is 384 g/mol. The molecule has 0 aliphatic heterocycles. The third-order valence-corrected chi connectivity index (χ3v) is 7.37. The lowest BCUT2D eigenvalue weighted by Gasteiger charge is -2.21. The van der Waals surface area contributed by atoms with E-state index in [-0.39, 0.29) is 10.4 Å². The van der Waals surface area contributed by atoms with Crippen molar-refractivity contribution in [1.82, 2.24) is 9.71 Å². The molecule has 7 nitrogen and oxygen atoms in total. The topological polar surface area (TPSA) is 91.4 Å².